The molecule has 0 aliphatic heterocycles. The molecule has 3 heterocycles. The first-order valence-corrected chi connectivity index (χ1v) is 10.1. The lowest BCUT2D eigenvalue weighted by molar-refractivity contribution is -0.122. The molecule has 1 atom stereocenters. The summed E-state index contributed by atoms with van der Waals surface area (Å²) in [6.07, 6.45) is 4.05. The Morgan fingerprint density at radius 1 is 1.16 bits per heavy atom. The highest BCUT2D eigenvalue weighted by Crippen LogP contribution is 2.23. The molecule has 0 aliphatic carbocycles. The van der Waals surface area contributed by atoms with E-state index in [9.17, 15) is 9.59 Å². The Morgan fingerprint density at radius 2 is 1.94 bits per heavy atom. The molecule has 3 aromatic heterocycles. The minimum atomic E-state index is -0.420. The van der Waals surface area contributed by atoms with Crippen molar-refractivity contribution in [2.24, 2.45) is 5.92 Å². The lowest BCUT2D eigenvalue weighted by Gasteiger charge is -2.18. The van der Waals surface area contributed by atoms with Crippen LogP contribution in [0.2, 0.25) is 0 Å². The maximum atomic E-state index is 12.6. The molecule has 0 fully saturated rings. The zero-order chi connectivity index (χ0) is 21.8. The molecule has 4 rings (SSSR count). The van der Waals surface area contributed by atoms with E-state index in [0.29, 0.717) is 30.3 Å². The van der Waals surface area contributed by atoms with Crippen LogP contribution in [0.1, 0.15) is 38.6 Å². The van der Waals surface area contributed by atoms with Crippen LogP contribution in [0.4, 0.5) is 0 Å². The third-order valence-corrected chi connectivity index (χ3v) is 4.99. The molecule has 1 aromatic carbocycles. The SMILES string of the molecule is CC(C)C(NC(=O)CCCn1c(=O)oc2ccccc21)c1nc(-c2ccncc2)no1. The summed E-state index contributed by atoms with van der Waals surface area (Å²) in [7, 11) is 0. The molecular weight excluding hydrogens is 398 g/mol. The quantitative estimate of drug-likeness (QED) is 0.464. The predicted octanol–water partition coefficient (Wildman–Crippen LogP) is 3.33. The number of aryl methyl sites for hydroxylation is 1. The Hall–Kier alpha value is -3.75. The number of amides is 1. The third-order valence-electron chi connectivity index (χ3n) is 4.99. The van der Waals surface area contributed by atoms with E-state index in [2.05, 4.69) is 20.4 Å². The fourth-order valence-electron chi connectivity index (χ4n) is 3.36. The van der Waals surface area contributed by atoms with Crippen molar-refractivity contribution in [3.05, 3.63) is 65.2 Å². The number of benzene rings is 1. The maximum absolute atomic E-state index is 12.6. The van der Waals surface area contributed by atoms with Crippen molar-refractivity contribution in [3.63, 3.8) is 0 Å². The van der Waals surface area contributed by atoms with Gasteiger partial charge in [0.05, 0.1) is 5.52 Å². The van der Waals surface area contributed by atoms with E-state index in [1.54, 1.807) is 35.2 Å². The monoisotopic (exact) mass is 421 g/mol. The summed E-state index contributed by atoms with van der Waals surface area (Å²) in [4.78, 5) is 33.0. The number of hydrogen-bond acceptors (Lipinski definition) is 7. The van der Waals surface area contributed by atoms with Crippen molar-refractivity contribution in [3.8, 4) is 11.4 Å². The van der Waals surface area contributed by atoms with Gasteiger partial charge in [-0.3, -0.25) is 14.3 Å². The molecule has 160 valence electrons. The molecule has 1 amide bonds. The van der Waals surface area contributed by atoms with Gasteiger partial charge in [-0.05, 0) is 36.6 Å². The molecular formula is C22H23N5O4. The number of aromatic nitrogens is 4. The first-order chi connectivity index (χ1) is 15.0. The smallest absolute Gasteiger partial charge is 0.408 e. The van der Waals surface area contributed by atoms with Crippen LogP contribution in [-0.2, 0) is 11.3 Å². The van der Waals surface area contributed by atoms with Crippen molar-refractivity contribution < 1.29 is 13.7 Å². The second kappa shape index (κ2) is 8.95. The zero-order valence-corrected chi connectivity index (χ0v) is 17.3. The van der Waals surface area contributed by atoms with E-state index >= 15 is 0 Å². The Bertz CT molecular complexity index is 1230. The number of nitrogens with one attached hydrogen (secondary N) is 1. The van der Waals surface area contributed by atoms with Gasteiger partial charge < -0.3 is 14.3 Å². The largest absolute Gasteiger partial charge is 0.419 e. The van der Waals surface area contributed by atoms with Crippen molar-refractivity contribution >= 4 is 17.0 Å². The van der Waals surface area contributed by atoms with E-state index in [0.717, 1.165) is 11.1 Å². The van der Waals surface area contributed by atoms with Crippen LogP contribution in [0.25, 0.3) is 22.5 Å². The van der Waals surface area contributed by atoms with Crippen LogP contribution in [-0.4, -0.2) is 25.6 Å². The van der Waals surface area contributed by atoms with E-state index in [1.165, 1.54) is 0 Å². The molecule has 0 saturated heterocycles. The minimum Gasteiger partial charge on any atom is -0.408 e. The number of oxazole rings is 1. The van der Waals surface area contributed by atoms with Gasteiger partial charge in [0.25, 0.3) is 0 Å². The lowest BCUT2D eigenvalue weighted by atomic mass is 10.0. The highest BCUT2D eigenvalue weighted by atomic mass is 16.5. The Labute approximate surface area is 178 Å². The van der Waals surface area contributed by atoms with Crippen LogP contribution in [0.5, 0.6) is 0 Å². The average molecular weight is 421 g/mol. The van der Waals surface area contributed by atoms with Crippen molar-refractivity contribution in [2.45, 2.75) is 39.3 Å². The number of pyridine rings is 1. The summed E-state index contributed by atoms with van der Waals surface area (Å²) in [6, 6.07) is 10.4. The molecule has 4 aromatic rings. The second-order valence-electron chi connectivity index (χ2n) is 7.57. The van der Waals surface area contributed by atoms with Gasteiger partial charge in [-0.15, -0.1) is 0 Å². The van der Waals surface area contributed by atoms with Gasteiger partial charge in [-0.1, -0.05) is 31.1 Å². The molecule has 0 spiro atoms. The van der Waals surface area contributed by atoms with E-state index in [4.69, 9.17) is 8.94 Å². The van der Waals surface area contributed by atoms with Gasteiger partial charge in [0.1, 0.15) is 6.04 Å². The van der Waals surface area contributed by atoms with E-state index in [-0.39, 0.29) is 18.2 Å². The second-order valence-corrected chi connectivity index (χ2v) is 7.57. The van der Waals surface area contributed by atoms with Gasteiger partial charge in [0, 0.05) is 30.9 Å². The predicted molar refractivity (Wildman–Crippen MR) is 113 cm³/mol. The third kappa shape index (κ3) is 4.55. The first kappa shape index (κ1) is 20.5. The highest BCUT2D eigenvalue weighted by molar-refractivity contribution is 5.76. The summed E-state index contributed by atoms with van der Waals surface area (Å²) in [5, 5.41) is 6.99. The fourth-order valence-corrected chi connectivity index (χ4v) is 3.36. The van der Waals surface area contributed by atoms with Crippen LogP contribution in [0.15, 0.2) is 62.5 Å². The van der Waals surface area contributed by atoms with E-state index in [1.807, 2.05) is 32.0 Å². The number of fused-ring (bicyclic) bond motifs is 1. The Kier molecular flexibility index (Phi) is 5.92. The lowest BCUT2D eigenvalue weighted by Crippen LogP contribution is -2.32. The summed E-state index contributed by atoms with van der Waals surface area (Å²) >= 11 is 0. The van der Waals surface area contributed by atoms with Crippen LogP contribution in [0, 0.1) is 5.92 Å². The van der Waals surface area contributed by atoms with Gasteiger partial charge in [0.2, 0.25) is 17.6 Å². The summed E-state index contributed by atoms with van der Waals surface area (Å²) in [5.41, 5.74) is 2.05. The Morgan fingerprint density at radius 3 is 2.71 bits per heavy atom. The number of hydrogen-bond donors (Lipinski definition) is 1. The number of rotatable bonds is 8. The number of para-hydroxylation sites is 2. The van der Waals surface area contributed by atoms with Crippen molar-refractivity contribution in [2.75, 3.05) is 0 Å². The highest BCUT2D eigenvalue weighted by Gasteiger charge is 2.24. The van der Waals surface area contributed by atoms with Crippen molar-refractivity contribution in [1.29, 1.82) is 0 Å². The number of nitrogens with zero attached hydrogens (tertiary/aromatic N) is 4. The summed E-state index contributed by atoms with van der Waals surface area (Å²) < 4.78 is 12.2. The molecule has 1 unspecified atom stereocenters. The van der Waals surface area contributed by atoms with Crippen LogP contribution in [0.3, 0.4) is 0 Å². The molecule has 1 N–H and O–H groups in total. The van der Waals surface area contributed by atoms with E-state index < -0.39 is 11.8 Å². The van der Waals surface area contributed by atoms with Gasteiger partial charge in [0.15, 0.2) is 5.58 Å². The summed E-state index contributed by atoms with van der Waals surface area (Å²) in [6.45, 7) is 4.33. The van der Waals surface area contributed by atoms with Gasteiger partial charge in [-0.25, -0.2) is 4.79 Å². The Balaban J connectivity index is 1.39. The summed E-state index contributed by atoms with van der Waals surface area (Å²) in [5.74, 6) is 0.283. The van der Waals surface area contributed by atoms with Crippen LogP contribution >= 0.6 is 0 Å². The normalized spacial score (nSPS) is 12.4. The molecule has 0 radical (unpaired) electrons. The zero-order valence-electron chi connectivity index (χ0n) is 17.3. The van der Waals surface area contributed by atoms with Gasteiger partial charge >= 0.3 is 5.76 Å². The average Bonchev–Trinajstić information content (AvgIpc) is 3.37. The first-order valence-electron chi connectivity index (χ1n) is 10.1. The molecule has 0 saturated carbocycles. The number of carbonyl (C=O) groups excluding carboxylic acids is 1. The molecule has 9 heteroatoms. The minimum absolute atomic E-state index is 0.0510. The van der Waals surface area contributed by atoms with Crippen molar-refractivity contribution in [1.82, 2.24) is 25.0 Å². The standard InChI is InChI=1S/C22H23N5O4/c1-14(2)19(21-25-20(26-31-21)15-9-11-23-12-10-15)24-18(28)8-5-13-27-16-6-3-4-7-17(16)30-22(27)29/h3-4,6-7,9-12,14,19H,5,8,13H2,1-2H3,(H,24,28). The topological polar surface area (TPSA) is 116 Å². The van der Waals surface area contributed by atoms with Gasteiger partial charge in [-0.2, -0.15) is 4.98 Å². The molecule has 9 nitrogen and oxygen atoms in total. The molecule has 0 aliphatic rings. The maximum Gasteiger partial charge on any atom is 0.419 e. The number of carbonyl (C=O) groups is 1. The fraction of sp³-hybridized carbons (Fsp3) is 0.318. The van der Waals surface area contributed by atoms with Crippen LogP contribution < -0.4 is 11.1 Å². The molecule has 31 heavy (non-hydrogen) atoms. The molecule has 0 bridgehead atoms.